The second-order valence-electron chi connectivity index (χ2n) is 2.79. The lowest BCUT2D eigenvalue weighted by molar-refractivity contribution is 0.312. The van der Waals surface area contributed by atoms with Gasteiger partial charge in [-0.05, 0) is 47.1 Å². The first-order valence-corrected chi connectivity index (χ1v) is 5.23. The van der Waals surface area contributed by atoms with E-state index in [1.807, 2.05) is 18.2 Å². The molecule has 0 heterocycles. The van der Waals surface area contributed by atoms with E-state index >= 15 is 0 Å². The first-order valence-electron chi connectivity index (χ1n) is 4.44. The van der Waals surface area contributed by atoms with Gasteiger partial charge >= 0.3 is 0 Å². The Bertz CT molecular complexity index is 291. The van der Waals surface area contributed by atoms with Crippen molar-refractivity contribution in [1.82, 2.24) is 0 Å². The number of methoxy groups -OCH3 is 1. The Balaban J connectivity index is 2.57. The summed E-state index contributed by atoms with van der Waals surface area (Å²) in [5.74, 6) is 1.63. The highest BCUT2D eigenvalue weighted by atomic mass is 79.9. The van der Waals surface area contributed by atoms with E-state index in [-0.39, 0.29) is 0 Å². The molecule has 1 aromatic rings. The fourth-order valence-electron chi connectivity index (χ4n) is 1.01. The van der Waals surface area contributed by atoms with Gasteiger partial charge in [0.15, 0.2) is 0 Å². The summed E-state index contributed by atoms with van der Waals surface area (Å²) in [6, 6.07) is 5.62. The molecule has 4 heteroatoms. The highest BCUT2D eigenvalue weighted by Gasteiger charge is 2.01. The minimum absolute atomic E-state index is 0.648. The summed E-state index contributed by atoms with van der Waals surface area (Å²) in [6.07, 6.45) is 0.865. The number of nitrogens with two attached hydrogens (primary N) is 1. The molecule has 0 atom stereocenters. The molecule has 0 spiro atoms. The van der Waals surface area contributed by atoms with Crippen LogP contribution in [0.5, 0.6) is 11.5 Å². The number of halogens is 1. The summed E-state index contributed by atoms with van der Waals surface area (Å²) in [7, 11) is 1.63. The largest absolute Gasteiger partial charge is 0.496 e. The van der Waals surface area contributed by atoms with Crippen LogP contribution in [0.2, 0.25) is 0 Å². The summed E-state index contributed by atoms with van der Waals surface area (Å²) in [5.41, 5.74) is 5.36. The third-order valence-electron chi connectivity index (χ3n) is 1.74. The van der Waals surface area contributed by atoms with Crippen molar-refractivity contribution < 1.29 is 9.47 Å². The van der Waals surface area contributed by atoms with Crippen LogP contribution >= 0.6 is 15.9 Å². The molecule has 2 N–H and O–H groups in total. The molecule has 3 nitrogen and oxygen atoms in total. The van der Waals surface area contributed by atoms with Crippen LogP contribution in [0.25, 0.3) is 0 Å². The molecule has 1 rings (SSSR count). The third-order valence-corrected chi connectivity index (χ3v) is 2.36. The highest BCUT2D eigenvalue weighted by molar-refractivity contribution is 9.10. The Hall–Kier alpha value is -0.740. The van der Waals surface area contributed by atoms with Crippen molar-refractivity contribution in [3.63, 3.8) is 0 Å². The predicted molar refractivity (Wildman–Crippen MR) is 59.9 cm³/mol. The third kappa shape index (κ3) is 3.20. The molecule has 0 aliphatic rings. The average Bonchev–Trinajstić information content (AvgIpc) is 2.18. The predicted octanol–water partition coefficient (Wildman–Crippen LogP) is 2.19. The number of hydrogen-bond acceptors (Lipinski definition) is 3. The van der Waals surface area contributed by atoms with Crippen LogP contribution in [-0.4, -0.2) is 20.3 Å². The van der Waals surface area contributed by atoms with Gasteiger partial charge in [-0.2, -0.15) is 0 Å². The molecule has 0 fully saturated rings. The SMILES string of the molecule is COc1ccc(OCCCN)cc1Br. The second-order valence-corrected chi connectivity index (χ2v) is 3.64. The van der Waals surface area contributed by atoms with E-state index in [1.165, 1.54) is 0 Å². The van der Waals surface area contributed by atoms with Gasteiger partial charge in [-0.25, -0.2) is 0 Å². The van der Waals surface area contributed by atoms with Gasteiger partial charge in [-0.3, -0.25) is 0 Å². The topological polar surface area (TPSA) is 44.5 Å². The zero-order valence-electron chi connectivity index (χ0n) is 8.13. The normalized spacial score (nSPS) is 9.93. The molecule has 0 aromatic heterocycles. The van der Waals surface area contributed by atoms with E-state index < -0.39 is 0 Å². The van der Waals surface area contributed by atoms with Crippen LogP contribution in [0.15, 0.2) is 22.7 Å². The van der Waals surface area contributed by atoms with E-state index in [2.05, 4.69) is 15.9 Å². The molecular formula is C10H14BrNO2. The molecule has 1 aromatic carbocycles. The maximum atomic E-state index is 5.46. The highest BCUT2D eigenvalue weighted by Crippen LogP contribution is 2.28. The monoisotopic (exact) mass is 259 g/mol. The molecule has 78 valence electrons. The number of ether oxygens (including phenoxy) is 2. The molecular weight excluding hydrogens is 246 g/mol. The van der Waals surface area contributed by atoms with Crippen LogP contribution < -0.4 is 15.2 Å². The van der Waals surface area contributed by atoms with Gasteiger partial charge in [0.25, 0.3) is 0 Å². The number of benzene rings is 1. The van der Waals surface area contributed by atoms with Crippen LogP contribution in [0.1, 0.15) is 6.42 Å². The fourth-order valence-corrected chi connectivity index (χ4v) is 1.53. The Morgan fingerprint density at radius 2 is 2.21 bits per heavy atom. The summed E-state index contributed by atoms with van der Waals surface area (Å²) in [5, 5.41) is 0. The van der Waals surface area contributed by atoms with Crippen molar-refractivity contribution in [2.45, 2.75) is 6.42 Å². The summed E-state index contributed by atoms with van der Waals surface area (Å²) < 4.78 is 11.5. The van der Waals surface area contributed by atoms with Gasteiger partial charge < -0.3 is 15.2 Å². The molecule has 0 bridgehead atoms. The minimum Gasteiger partial charge on any atom is -0.496 e. The van der Waals surface area contributed by atoms with Crippen molar-refractivity contribution in [1.29, 1.82) is 0 Å². The lowest BCUT2D eigenvalue weighted by atomic mass is 10.3. The van der Waals surface area contributed by atoms with Gasteiger partial charge in [0.1, 0.15) is 11.5 Å². The first kappa shape index (κ1) is 11.3. The number of rotatable bonds is 5. The van der Waals surface area contributed by atoms with Crippen LogP contribution in [0.4, 0.5) is 0 Å². The van der Waals surface area contributed by atoms with Crippen LogP contribution in [-0.2, 0) is 0 Å². The van der Waals surface area contributed by atoms with Crippen molar-refractivity contribution in [2.75, 3.05) is 20.3 Å². The molecule has 14 heavy (non-hydrogen) atoms. The summed E-state index contributed by atoms with van der Waals surface area (Å²) >= 11 is 3.39. The van der Waals surface area contributed by atoms with E-state index in [0.717, 1.165) is 22.4 Å². The summed E-state index contributed by atoms with van der Waals surface area (Å²) in [6.45, 7) is 1.30. The van der Waals surface area contributed by atoms with E-state index in [9.17, 15) is 0 Å². The summed E-state index contributed by atoms with van der Waals surface area (Å²) in [4.78, 5) is 0. The average molecular weight is 260 g/mol. The van der Waals surface area contributed by atoms with Crippen LogP contribution in [0.3, 0.4) is 0 Å². The first-order chi connectivity index (χ1) is 6.77. The molecule has 0 unspecified atom stereocenters. The smallest absolute Gasteiger partial charge is 0.133 e. The van der Waals surface area contributed by atoms with Crippen molar-refractivity contribution in [3.05, 3.63) is 22.7 Å². The van der Waals surface area contributed by atoms with Crippen molar-refractivity contribution in [3.8, 4) is 11.5 Å². The zero-order valence-corrected chi connectivity index (χ0v) is 9.71. The Morgan fingerprint density at radius 3 is 2.79 bits per heavy atom. The molecule has 0 amide bonds. The fraction of sp³-hybridized carbons (Fsp3) is 0.400. The molecule has 0 saturated carbocycles. The van der Waals surface area contributed by atoms with E-state index in [1.54, 1.807) is 7.11 Å². The van der Waals surface area contributed by atoms with E-state index in [4.69, 9.17) is 15.2 Å². The van der Waals surface area contributed by atoms with Crippen LogP contribution in [0, 0.1) is 0 Å². The lowest BCUT2D eigenvalue weighted by Crippen LogP contribution is -2.06. The Labute approximate surface area is 92.3 Å². The quantitative estimate of drug-likeness (QED) is 0.825. The second kappa shape index (κ2) is 5.88. The Morgan fingerprint density at radius 1 is 1.43 bits per heavy atom. The zero-order chi connectivity index (χ0) is 10.4. The van der Waals surface area contributed by atoms with Crippen molar-refractivity contribution in [2.24, 2.45) is 5.73 Å². The lowest BCUT2D eigenvalue weighted by Gasteiger charge is -2.07. The van der Waals surface area contributed by atoms with Gasteiger partial charge in [0.05, 0.1) is 18.2 Å². The van der Waals surface area contributed by atoms with Gasteiger partial charge in [-0.1, -0.05) is 0 Å². The molecule has 0 aliphatic heterocycles. The van der Waals surface area contributed by atoms with Gasteiger partial charge in [0, 0.05) is 0 Å². The van der Waals surface area contributed by atoms with E-state index in [0.29, 0.717) is 13.2 Å². The standard InChI is InChI=1S/C10H14BrNO2/c1-13-10-4-3-8(7-9(10)11)14-6-2-5-12/h3-4,7H,2,5-6,12H2,1H3. The maximum Gasteiger partial charge on any atom is 0.133 e. The number of hydrogen-bond donors (Lipinski definition) is 1. The van der Waals surface area contributed by atoms with Gasteiger partial charge in [0.2, 0.25) is 0 Å². The molecule has 0 radical (unpaired) electrons. The maximum absolute atomic E-state index is 5.46. The minimum atomic E-state index is 0.648. The van der Waals surface area contributed by atoms with Gasteiger partial charge in [-0.15, -0.1) is 0 Å². The molecule has 0 saturated heterocycles. The molecule has 0 aliphatic carbocycles. The Kier molecular flexibility index (Phi) is 4.76. The van der Waals surface area contributed by atoms with Crippen molar-refractivity contribution >= 4 is 15.9 Å².